The van der Waals surface area contributed by atoms with Crippen molar-refractivity contribution in [3.63, 3.8) is 0 Å². The van der Waals surface area contributed by atoms with Gasteiger partial charge in [0, 0.05) is 0 Å². The topological polar surface area (TPSA) is 0 Å². The van der Waals surface area contributed by atoms with Crippen molar-refractivity contribution < 1.29 is 0 Å². The number of aryl methyl sites for hydroxylation is 2. The van der Waals surface area contributed by atoms with Crippen molar-refractivity contribution in [2.45, 2.75) is 13.8 Å². The minimum atomic E-state index is 1.29. The van der Waals surface area contributed by atoms with E-state index >= 15 is 0 Å². The van der Waals surface area contributed by atoms with Gasteiger partial charge in [-0.3, -0.25) is 0 Å². The molecule has 0 fully saturated rings. The molecule has 0 saturated carbocycles. The molecule has 0 heterocycles. The summed E-state index contributed by atoms with van der Waals surface area (Å²) in [6.07, 6.45) is 0. The molecule has 0 N–H and O–H groups in total. The quantitative estimate of drug-likeness (QED) is 0.268. The van der Waals surface area contributed by atoms with Crippen LogP contribution in [0, 0.1) is 13.8 Å². The first kappa shape index (κ1) is 18.8. The molecule has 6 aromatic carbocycles. The summed E-state index contributed by atoms with van der Waals surface area (Å²) in [5.74, 6) is 0. The van der Waals surface area contributed by atoms with Gasteiger partial charge < -0.3 is 0 Å². The van der Waals surface area contributed by atoms with Crippen molar-refractivity contribution in [3.05, 3.63) is 120 Å². The second-order valence-electron chi connectivity index (χ2n) is 8.66. The van der Waals surface area contributed by atoms with E-state index < -0.39 is 0 Å². The number of rotatable bonds is 2. The van der Waals surface area contributed by atoms with Crippen LogP contribution in [-0.2, 0) is 0 Å². The monoisotopic (exact) mass is 408 g/mol. The Balaban J connectivity index is 1.67. The Bertz CT molecular complexity index is 1510. The molecule has 0 aliphatic rings. The highest BCUT2D eigenvalue weighted by Crippen LogP contribution is 2.40. The van der Waals surface area contributed by atoms with Gasteiger partial charge in [-0.05, 0) is 79.5 Å². The van der Waals surface area contributed by atoms with Gasteiger partial charge in [0.05, 0.1) is 0 Å². The minimum Gasteiger partial charge on any atom is -0.0616 e. The molecule has 0 aliphatic heterocycles. The summed E-state index contributed by atoms with van der Waals surface area (Å²) in [5, 5.41) is 7.86. The molecular weight excluding hydrogens is 384 g/mol. The summed E-state index contributed by atoms with van der Waals surface area (Å²) in [6.45, 7) is 4.38. The van der Waals surface area contributed by atoms with Crippen LogP contribution in [0.1, 0.15) is 11.1 Å². The van der Waals surface area contributed by atoms with Crippen molar-refractivity contribution >= 4 is 32.3 Å². The maximum absolute atomic E-state index is 2.28. The Morgan fingerprint density at radius 1 is 0.281 bits per heavy atom. The molecule has 0 bridgehead atoms. The molecular formula is C32H24. The van der Waals surface area contributed by atoms with E-state index in [2.05, 4.69) is 123 Å². The zero-order valence-electron chi connectivity index (χ0n) is 18.4. The van der Waals surface area contributed by atoms with E-state index in [4.69, 9.17) is 0 Å². The van der Waals surface area contributed by atoms with Crippen LogP contribution in [-0.4, -0.2) is 0 Å². The summed E-state index contributed by atoms with van der Waals surface area (Å²) in [4.78, 5) is 0. The van der Waals surface area contributed by atoms with E-state index in [-0.39, 0.29) is 0 Å². The first-order chi connectivity index (χ1) is 15.7. The lowest BCUT2D eigenvalue weighted by atomic mass is 9.88. The smallest absolute Gasteiger partial charge is 0.00990 e. The fourth-order valence-electron chi connectivity index (χ4n) is 5.15. The molecule has 0 spiro atoms. The van der Waals surface area contributed by atoms with E-state index in [0.29, 0.717) is 0 Å². The molecule has 0 amide bonds. The summed E-state index contributed by atoms with van der Waals surface area (Å²) in [5.41, 5.74) is 7.80. The lowest BCUT2D eigenvalue weighted by Crippen LogP contribution is -1.89. The van der Waals surface area contributed by atoms with E-state index in [9.17, 15) is 0 Å². The largest absolute Gasteiger partial charge is 0.0616 e. The van der Waals surface area contributed by atoms with E-state index in [0.717, 1.165) is 0 Å². The van der Waals surface area contributed by atoms with E-state index in [1.54, 1.807) is 0 Å². The van der Waals surface area contributed by atoms with Gasteiger partial charge >= 0.3 is 0 Å². The number of fused-ring (bicyclic) bond motifs is 3. The molecule has 32 heavy (non-hydrogen) atoms. The van der Waals surface area contributed by atoms with Crippen LogP contribution in [0.25, 0.3) is 54.6 Å². The molecule has 0 atom stereocenters. The highest BCUT2D eigenvalue weighted by molar-refractivity contribution is 6.12. The summed E-state index contributed by atoms with van der Waals surface area (Å²) in [6, 6.07) is 40.0. The first-order valence-electron chi connectivity index (χ1n) is 11.2. The van der Waals surface area contributed by atoms with Crippen molar-refractivity contribution in [1.82, 2.24) is 0 Å². The van der Waals surface area contributed by atoms with Crippen molar-refractivity contribution in [2.75, 3.05) is 0 Å². The molecule has 6 rings (SSSR count). The van der Waals surface area contributed by atoms with Gasteiger partial charge in [-0.2, -0.15) is 0 Å². The molecule has 0 aromatic heterocycles. The number of benzene rings is 6. The van der Waals surface area contributed by atoms with Gasteiger partial charge in [0.25, 0.3) is 0 Å². The molecule has 0 radical (unpaired) electrons. The van der Waals surface area contributed by atoms with E-state index in [1.165, 1.54) is 65.7 Å². The molecule has 0 unspecified atom stereocenters. The van der Waals surface area contributed by atoms with Crippen LogP contribution >= 0.6 is 0 Å². The zero-order valence-corrected chi connectivity index (χ0v) is 18.4. The predicted molar refractivity (Wildman–Crippen MR) is 139 cm³/mol. The normalized spacial score (nSPS) is 11.4. The standard InChI is InChI=1S/C32H24/c1-21-17-19-31(25-11-5-3-9-23(21)25)29-15-7-14-28-27(29)13-8-16-30(28)32-20-18-22(2)24-10-4-6-12-26(24)32/h3-20H,1-2H3. The van der Waals surface area contributed by atoms with Gasteiger partial charge in [-0.1, -0.05) is 109 Å². The third-order valence-electron chi connectivity index (χ3n) is 6.79. The van der Waals surface area contributed by atoms with Crippen LogP contribution < -0.4 is 0 Å². The van der Waals surface area contributed by atoms with Gasteiger partial charge in [0.15, 0.2) is 0 Å². The Morgan fingerprint density at radius 3 is 1.03 bits per heavy atom. The molecule has 0 heteroatoms. The van der Waals surface area contributed by atoms with Crippen LogP contribution in [0.3, 0.4) is 0 Å². The summed E-state index contributed by atoms with van der Waals surface area (Å²) in [7, 11) is 0. The second kappa shape index (κ2) is 7.35. The van der Waals surface area contributed by atoms with Gasteiger partial charge in [-0.15, -0.1) is 0 Å². The Labute approximate surface area is 188 Å². The van der Waals surface area contributed by atoms with Crippen LogP contribution in [0.5, 0.6) is 0 Å². The maximum atomic E-state index is 2.28. The minimum absolute atomic E-state index is 1.29. The molecule has 152 valence electrons. The van der Waals surface area contributed by atoms with Crippen LogP contribution in [0.15, 0.2) is 109 Å². The Kier molecular flexibility index (Phi) is 4.33. The van der Waals surface area contributed by atoms with Crippen LogP contribution in [0.2, 0.25) is 0 Å². The second-order valence-corrected chi connectivity index (χ2v) is 8.66. The average molecular weight is 409 g/mol. The predicted octanol–water partition coefficient (Wildman–Crippen LogP) is 9.10. The van der Waals surface area contributed by atoms with Gasteiger partial charge in [0.2, 0.25) is 0 Å². The Morgan fingerprint density at radius 2 is 0.594 bits per heavy atom. The lowest BCUT2D eigenvalue weighted by molar-refractivity contribution is 1.52. The number of hydrogen-bond donors (Lipinski definition) is 0. The fourth-order valence-corrected chi connectivity index (χ4v) is 5.15. The number of hydrogen-bond acceptors (Lipinski definition) is 0. The highest BCUT2D eigenvalue weighted by atomic mass is 14.2. The third kappa shape index (κ3) is 2.84. The fraction of sp³-hybridized carbons (Fsp3) is 0.0625. The van der Waals surface area contributed by atoms with E-state index in [1.807, 2.05) is 0 Å². The summed E-state index contributed by atoms with van der Waals surface area (Å²) >= 11 is 0. The van der Waals surface area contributed by atoms with Crippen LogP contribution in [0.4, 0.5) is 0 Å². The highest BCUT2D eigenvalue weighted by Gasteiger charge is 2.13. The third-order valence-corrected chi connectivity index (χ3v) is 6.79. The average Bonchev–Trinajstić information content (AvgIpc) is 2.85. The molecule has 0 aliphatic carbocycles. The Hall–Kier alpha value is -3.90. The first-order valence-corrected chi connectivity index (χ1v) is 11.2. The SMILES string of the molecule is Cc1ccc(-c2cccc3c(-c4ccc(C)c5ccccc45)cccc23)c2ccccc12. The summed E-state index contributed by atoms with van der Waals surface area (Å²) < 4.78 is 0. The molecule has 0 nitrogen and oxygen atoms in total. The van der Waals surface area contributed by atoms with Crippen molar-refractivity contribution in [1.29, 1.82) is 0 Å². The molecule has 6 aromatic rings. The maximum Gasteiger partial charge on any atom is -0.00990 e. The molecule has 0 saturated heterocycles. The lowest BCUT2D eigenvalue weighted by Gasteiger charge is -2.15. The van der Waals surface area contributed by atoms with Crippen molar-refractivity contribution in [2.24, 2.45) is 0 Å². The van der Waals surface area contributed by atoms with Crippen molar-refractivity contribution in [3.8, 4) is 22.3 Å². The van der Waals surface area contributed by atoms with Gasteiger partial charge in [-0.25, -0.2) is 0 Å². The zero-order chi connectivity index (χ0) is 21.7. The van der Waals surface area contributed by atoms with Gasteiger partial charge in [0.1, 0.15) is 0 Å².